The molecular formula is C15H22N4S. The fourth-order valence-corrected chi connectivity index (χ4v) is 2.66. The summed E-state index contributed by atoms with van der Waals surface area (Å²) in [5.41, 5.74) is 2.33. The van der Waals surface area contributed by atoms with E-state index < -0.39 is 0 Å². The lowest BCUT2D eigenvalue weighted by atomic mass is 10.1. The van der Waals surface area contributed by atoms with Crippen molar-refractivity contribution < 1.29 is 0 Å². The first-order valence-corrected chi connectivity index (χ1v) is 8.03. The molecule has 0 aliphatic heterocycles. The molecule has 108 valence electrons. The average molecular weight is 290 g/mol. The van der Waals surface area contributed by atoms with E-state index in [9.17, 15) is 0 Å². The van der Waals surface area contributed by atoms with Gasteiger partial charge in [-0.25, -0.2) is 4.68 Å². The van der Waals surface area contributed by atoms with E-state index in [4.69, 9.17) is 0 Å². The maximum absolute atomic E-state index is 3.99. The first kappa shape index (κ1) is 15.1. The Balaban J connectivity index is 1.86. The van der Waals surface area contributed by atoms with Gasteiger partial charge in [0.25, 0.3) is 0 Å². The van der Waals surface area contributed by atoms with Crippen LogP contribution >= 0.6 is 11.8 Å². The van der Waals surface area contributed by atoms with E-state index in [1.807, 2.05) is 18.0 Å². The van der Waals surface area contributed by atoms with Gasteiger partial charge in [-0.05, 0) is 29.9 Å². The normalized spacial score (nSPS) is 12.8. The van der Waals surface area contributed by atoms with Crippen LogP contribution in [0.1, 0.15) is 32.4 Å². The second-order valence-corrected chi connectivity index (χ2v) is 6.72. The standard InChI is InChI=1S/C15H22N4S/c1-12(2)20-11-9-16-13(3)14-4-6-15(7-5-14)19-10-8-17-18-19/h4-8,10,12-13,16H,9,11H2,1-3H3. The van der Waals surface area contributed by atoms with Crippen molar-refractivity contribution in [3.8, 4) is 5.69 Å². The molecule has 20 heavy (non-hydrogen) atoms. The van der Waals surface area contributed by atoms with Crippen molar-refractivity contribution in [3.05, 3.63) is 42.2 Å². The third-order valence-electron chi connectivity index (χ3n) is 3.08. The highest BCUT2D eigenvalue weighted by Gasteiger charge is 2.05. The van der Waals surface area contributed by atoms with Crippen LogP contribution in [0.15, 0.2) is 36.7 Å². The second-order valence-electron chi connectivity index (χ2n) is 5.03. The molecule has 1 aromatic carbocycles. The predicted octanol–water partition coefficient (Wildman–Crippen LogP) is 3.06. The van der Waals surface area contributed by atoms with Gasteiger partial charge in [0.1, 0.15) is 0 Å². The molecule has 1 N–H and O–H groups in total. The molecule has 0 aliphatic carbocycles. The minimum atomic E-state index is 0.368. The summed E-state index contributed by atoms with van der Waals surface area (Å²) in [6.07, 6.45) is 3.53. The SMILES string of the molecule is CC(C)SCCNC(C)c1ccc(-n2ccnn2)cc1. The monoisotopic (exact) mass is 290 g/mol. The van der Waals surface area contributed by atoms with E-state index in [1.54, 1.807) is 10.9 Å². The molecule has 1 unspecified atom stereocenters. The fourth-order valence-electron chi connectivity index (χ4n) is 1.95. The molecule has 0 saturated carbocycles. The van der Waals surface area contributed by atoms with Crippen molar-refractivity contribution in [1.29, 1.82) is 0 Å². The summed E-state index contributed by atoms with van der Waals surface area (Å²) < 4.78 is 1.77. The van der Waals surface area contributed by atoms with Crippen LogP contribution in [0.4, 0.5) is 0 Å². The smallest absolute Gasteiger partial charge is 0.0697 e. The molecule has 0 bridgehead atoms. The van der Waals surface area contributed by atoms with Crippen molar-refractivity contribution in [2.24, 2.45) is 0 Å². The molecule has 0 spiro atoms. The highest BCUT2D eigenvalue weighted by Crippen LogP contribution is 2.15. The number of aromatic nitrogens is 3. The van der Waals surface area contributed by atoms with E-state index in [1.165, 1.54) is 5.56 Å². The summed E-state index contributed by atoms with van der Waals surface area (Å²) >= 11 is 1.99. The minimum Gasteiger partial charge on any atom is -0.309 e. The predicted molar refractivity (Wildman–Crippen MR) is 85.4 cm³/mol. The average Bonchev–Trinajstić information content (AvgIpc) is 2.97. The van der Waals surface area contributed by atoms with Gasteiger partial charge >= 0.3 is 0 Å². The van der Waals surface area contributed by atoms with Gasteiger partial charge < -0.3 is 5.32 Å². The van der Waals surface area contributed by atoms with Crippen LogP contribution in [0, 0.1) is 0 Å². The van der Waals surface area contributed by atoms with Gasteiger partial charge in [-0.3, -0.25) is 0 Å². The Morgan fingerprint density at radius 3 is 2.55 bits per heavy atom. The molecule has 2 aromatic rings. The Morgan fingerprint density at radius 1 is 1.20 bits per heavy atom. The molecule has 0 radical (unpaired) electrons. The third-order valence-corrected chi connectivity index (χ3v) is 4.19. The first-order valence-electron chi connectivity index (χ1n) is 6.98. The van der Waals surface area contributed by atoms with Crippen LogP contribution in [-0.4, -0.2) is 32.5 Å². The van der Waals surface area contributed by atoms with E-state index in [2.05, 4.69) is 60.7 Å². The largest absolute Gasteiger partial charge is 0.309 e. The van der Waals surface area contributed by atoms with Gasteiger partial charge in [0, 0.05) is 18.3 Å². The Bertz CT molecular complexity index is 493. The summed E-state index contributed by atoms with van der Waals surface area (Å²) in [6, 6.07) is 8.80. The lowest BCUT2D eigenvalue weighted by molar-refractivity contribution is 0.601. The Morgan fingerprint density at radius 2 is 1.95 bits per heavy atom. The number of benzene rings is 1. The quantitative estimate of drug-likeness (QED) is 0.796. The number of hydrogen-bond acceptors (Lipinski definition) is 4. The van der Waals surface area contributed by atoms with Crippen LogP contribution in [0.5, 0.6) is 0 Å². The van der Waals surface area contributed by atoms with Crippen LogP contribution in [0.2, 0.25) is 0 Å². The molecule has 4 nitrogen and oxygen atoms in total. The Kier molecular flexibility index (Phi) is 5.61. The molecule has 0 saturated heterocycles. The topological polar surface area (TPSA) is 42.7 Å². The van der Waals surface area contributed by atoms with Crippen LogP contribution in [0.3, 0.4) is 0 Å². The van der Waals surface area contributed by atoms with Gasteiger partial charge in [-0.1, -0.05) is 31.2 Å². The zero-order chi connectivity index (χ0) is 14.4. The molecule has 2 rings (SSSR count). The first-order chi connectivity index (χ1) is 9.66. The summed E-state index contributed by atoms with van der Waals surface area (Å²) in [5, 5.41) is 12.1. The maximum Gasteiger partial charge on any atom is 0.0697 e. The zero-order valence-electron chi connectivity index (χ0n) is 12.3. The second kappa shape index (κ2) is 7.45. The van der Waals surface area contributed by atoms with Crippen molar-refractivity contribution in [3.63, 3.8) is 0 Å². The number of nitrogens with one attached hydrogen (secondary N) is 1. The van der Waals surface area contributed by atoms with Crippen molar-refractivity contribution in [2.45, 2.75) is 32.1 Å². The van der Waals surface area contributed by atoms with Crippen LogP contribution in [-0.2, 0) is 0 Å². The number of nitrogens with zero attached hydrogens (tertiary/aromatic N) is 3. The highest BCUT2D eigenvalue weighted by molar-refractivity contribution is 7.99. The summed E-state index contributed by atoms with van der Waals surface area (Å²) in [7, 11) is 0. The summed E-state index contributed by atoms with van der Waals surface area (Å²) in [6.45, 7) is 7.70. The van der Waals surface area contributed by atoms with Gasteiger partial charge in [0.2, 0.25) is 0 Å². The van der Waals surface area contributed by atoms with Gasteiger partial charge in [-0.15, -0.1) is 5.10 Å². The van der Waals surface area contributed by atoms with Crippen molar-refractivity contribution >= 4 is 11.8 Å². The van der Waals surface area contributed by atoms with E-state index in [0.717, 1.165) is 18.0 Å². The fraction of sp³-hybridized carbons (Fsp3) is 0.467. The van der Waals surface area contributed by atoms with Gasteiger partial charge in [0.05, 0.1) is 18.1 Å². The minimum absolute atomic E-state index is 0.368. The molecule has 0 aliphatic rings. The Hall–Kier alpha value is -1.33. The van der Waals surface area contributed by atoms with E-state index in [-0.39, 0.29) is 0 Å². The lowest BCUT2D eigenvalue weighted by Crippen LogP contribution is -2.21. The summed E-state index contributed by atoms with van der Waals surface area (Å²) in [5.74, 6) is 1.15. The molecule has 5 heteroatoms. The van der Waals surface area contributed by atoms with Crippen molar-refractivity contribution in [1.82, 2.24) is 20.3 Å². The summed E-state index contributed by atoms with van der Waals surface area (Å²) in [4.78, 5) is 0. The van der Waals surface area contributed by atoms with Crippen LogP contribution in [0.25, 0.3) is 5.69 Å². The molecule has 0 amide bonds. The molecule has 1 aromatic heterocycles. The van der Waals surface area contributed by atoms with Crippen LogP contribution < -0.4 is 5.32 Å². The third kappa shape index (κ3) is 4.35. The van der Waals surface area contributed by atoms with E-state index >= 15 is 0 Å². The number of rotatable bonds is 7. The lowest BCUT2D eigenvalue weighted by Gasteiger charge is -2.15. The van der Waals surface area contributed by atoms with Crippen molar-refractivity contribution in [2.75, 3.05) is 12.3 Å². The van der Waals surface area contributed by atoms with Gasteiger partial charge in [0.15, 0.2) is 0 Å². The molecule has 1 heterocycles. The van der Waals surface area contributed by atoms with Gasteiger partial charge in [-0.2, -0.15) is 11.8 Å². The maximum atomic E-state index is 3.99. The molecule has 0 fully saturated rings. The Labute approximate surface area is 125 Å². The molecular weight excluding hydrogens is 268 g/mol. The zero-order valence-corrected chi connectivity index (χ0v) is 13.1. The molecule has 1 atom stereocenters. The highest BCUT2D eigenvalue weighted by atomic mass is 32.2. The number of thioether (sulfide) groups is 1. The number of hydrogen-bond donors (Lipinski definition) is 1. The van der Waals surface area contributed by atoms with E-state index in [0.29, 0.717) is 11.3 Å².